The Morgan fingerprint density at radius 3 is 2.64 bits per heavy atom. The van der Waals surface area contributed by atoms with Crippen molar-refractivity contribution in [3.05, 3.63) is 12.7 Å². The van der Waals surface area contributed by atoms with Crippen molar-refractivity contribution in [3.8, 4) is 0 Å². The maximum absolute atomic E-state index is 10.6. The first-order valence-electron chi connectivity index (χ1n) is 4.60. The van der Waals surface area contributed by atoms with E-state index in [1.165, 1.54) is 0 Å². The molecule has 1 unspecified atom stereocenters. The van der Waals surface area contributed by atoms with Crippen LogP contribution >= 0.6 is 0 Å². The number of rotatable bonds is 7. The third-order valence-corrected chi connectivity index (χ3v) is 1.86. The Morgan fingerprint density at radius 1 is 1.50 bits per heavy atom. The topological polar surface area (TPSA) is 63.6 Å². The Morgan fingerprint density at radius 2 is 2.14 bits per heavy atom. The predicted molar refractivity (Wildman–Crippen MR) is 51.8 cm³/mol. The number of aliphatic carboxylic acids is 1. The van der Waals surface area contributed by atoms with Gasteiger partial charge >= 0.3 is 11.9 Å². The first kappa shape index (κ1) is 12.7. The molecule has 0 fully saturated rings. The van der Waals surface area contributed by atoms with Crippen molar-refractivity contribution < 1.29 is 19.4 Å². The number of carboxylic acids is 1. The van der Waals surface area contributed by atoms with Gasteiger partial charge in [0.15, 0.2) is 0 Å². The van der Waals surface area contributed by atoms with Crippen molar-refractivity contribution in [1.29, 1.82) is 0 Å². The fourth-order valence-corrected chi connectivity index (χ4v) is 0.908. The lowest BCUT2D eigenvalue weighted by Crippen LogP contribution is -2.09. The van der Waals surface area contributed by atoms with Gasteiger partial charge in [0.2, 0.25) is 0 Å². The van der Waals surface area contributed by atoms with Crippen molar-refractivity contribution in [3.63, 3.8) is 0 Å². The van der Waals surface area contributed by atoms with Crippen molar-refractivity contribution in [2.45, 2.75) is 26.2 Å². The van der Waals surface area contributed by atoms with Gasteiger partial charge in [-0.25, -0.2) is 4.79 Å². The number of ether oxygens (including phenoxy) is 1. The number of unbranched alkanes of at least 4 members (excludes halogenated alkanes) is 1. The van der Waals surface area contributed by atoms with Gasteiger partial charge in [0, 0.05) is 6.08 Å². The van der Waals surface area contributed by atoms with E-state index in [0.29, 0.717) is 19.4 Å². The molecule has 0 spiro atoms. The minimum absolute atomic E-state index is 0.329. The molecule has 0 aromatic heterocycles. The predicted octanol–water partition coefficient (Wildman–Crippen LogP) is 1.61. The molecular formula is C10H16O4. The molecule has 80 valence electrons. The number of hydrogen-bond acceptors (Lipinski definition) is 3. The van der Waals surface area contributed by atoms with Crippen LogP contribution in [0.25, 0.3) is 0 Å². The summed E-state index contributed by atoms with van der Waals surface area (Å²) >= 11 is 0. The van der Waals surface area contributed by atoms with E-state index in [9.17, 15) is 9.59 Å². The van der Waals surface area contributed by atoms with Gasteiger partial charge in [-0.3, -0.25) is 4.79 Å². The van der Waals surface area contributed by atoms with Crippen LogP contribution < -0.4 is 0 Å². The quantitative estimate of drug-likeness (QED) is 0.385. The Balaban J connectivity index is 3.34. The van der Waals surface area contributed by atoms with E-state index in [4.69, 9.17) is 9.84 Å². The smallest absolute Gasteiger partial charge is 0.330 e. The molecule has 0 saturated carbocycles. The third-order valence-electron chi connectivity index (χ3n) is 1.86. The van der Waals surface area contributed by atoms with E-state index < -0.39 is 11.9 Å². The van der Waals surface area contributed by atoms with Crippen LogP contribution in [-0.2, 0) is 14.3 Å². The van der Waals surface area contributed by atoms with Crippen LogP contribution in [0.4, 0.5) is 0 Å². The Bertz CT molecular complexity index is 210. The van der Waals surface area contributed by atoms with Gasteiger partial charge in [0.05, 0.1) is 12.5 Å². The molecule has 4 heteroatoms. The first-order valence-corrected chi connectivity index (χ1v) is 4.60. The van der Waals surface area contributed by atoms with E-state index >= 15 is 0 Å². The van der Waals surface area contributed by atoms with Crippen molar-refractivity contribution in [2.24, 2.45) is 5.92 Å². The fourth-order valence-electron chi connectivity index (χ4n) is 0.908. The molecule has 0 bridgehead atoms. The van der Waals surface area contributed by atoms with Crippen LogP contribution in [0.15, 0.2) is 12.7 Å². The molecule has 0 aliphatic rings. The summed E-state index contributed by atoms with van der Waals surface area (Å²) in [6, 6.07) is 0. The van der Waals surface area contributed by atoms with Crippen LogP contribution in [0.2, 0.25) is 0 Å². The van der Waals surface area contributed by atoms with E-state index in [1.807, 2.05) is 0 Å². The van der Waals surface area contributed by atoms with Gasteiger partial charge in [-0.15, -0.1) is 0 Å². The monoisotopic (exact) mass is 200 g/mol. The lowest BCUT2D eigenvalue weighted by molar-refractivity contribution is -0.142. The molecule has 0 aliphatic heterocycles. The van der Waals surface area contributed by atoms with Gasteiger partial charge < -0.3 is 9.84 Å². The summed E-state index contributed by atoms with van der Waals surface area (Å²) in [6.07, 6.45) is 3.16. The molecule has 0 saturated heterocycles. The van der Waals surface area contributed by atoms with E-state index in [0.717, 1.165) is 12.5 Å². The normalized spacial score (nSPS) is 11.8. The Kier molecular flexibility index (Phi) is 6.45. The molecule has 0 aromatic carbocycles. The van der Waals surface area contributed by atoms with Gasteiger partial charge in [0.1, 0.15) is 0 Å². The number of carbonyl (C=O) groups excluding carboxylic acids is 1. The van der Waals surface area contributed by atoms with E-state index in [2.05, 4.69) is 6.58 Å². The van der Waals surface area contributed by atoms with Crippen LogP contribution in [0, 0.1) is 5.92 Å². The molecule has 0 aromatic rings. The largest absolute Gasteiger partial charge is 0.481 e. The first-order chi connectivity index (χ1) is 6.57. The van der Waals surface area contributed by atoms with Gasteiger partial charge in [-0.05, 0) is 19.3 Å². The molecule has 1 N–H and O–H groups in total. The van der Waals surface area contributed by atoms with Crippen molar-refractivity contribution in [1.82, 2.24) is 0 Å². The highest BCUT2D eigenvalue weighted by molar-refractivity contribution is 5.81. The Hall–Kier alpha value is -1.32. The molecule has 0 rings (SSSR count). The van der Waals surface area contributed by atoms with Gasteiger partial charge in [-0.2, -0.15) is 0 Å². The molecular weight excluding hydrogens is 184 g/mol. The molecule has 1 atom stereocenters. The lowest BCUT2D eigenvalue weighted by Gasteiger charge is -2.05. The molecule has 0 aliphatic carbocycles. The molecule has 0 heterocycles. The average Bonchev–Trinajstić information content (AvgIpc) is 2.16. The zero-order chi connectivity index (χ0) is 11.0. The highest BCUT2D eigenvalue weighted by Crippen LogP contribution is 2.07. The maximum atomic E-state index is 10.6. The summed E-state index contributed by atoms with van der Waals surface area (Å²) in [6.45, 7) is 5.25. The number of carbonyl (C=O) groups is 2. The highest BCUT2D eigenvalue weighted by Gasteiger charge is 2.09. The third kappa shape index (κ3) is 6.22. The summed E-state index contributed by atoms with van der Waals surface area (Å²) in [4.78, 5) is 21.0. The van der Waals surface area contributed by atoms with Crippen LogP contribution in [0.3, 0.4) is 0 Å². The maximum Gasteiger partial charge on any atom is 0.330 e. The van der Waals surface area contributed by atoms with Crippen molar-refractivity contribution >= 4 is 11.9 Å². The van der Waals surface area contributed by atoms with Crippen molar-refractivity contribution in [2.75, 3.05) is 6.61 Å². The van der Waals surface area contributed by atoms with E-state index in [-0.39, 0.29) is 5.92 Å². The number of esters is 1. The standard InChI is InChI=1S/C10H16O4/c1-3-9(11)14-7-5-4-6-8(2)10(12)13/h3,8H,1,4-7H2,2H3,(H,12,13). The molecule has 4 nitrogen and oxygen atoms in total. The van der Waals surface area contributed by atoms with Crippen LogP contribution in [0.5, 0.6) is 0 Å². The second-order valence-corrected chi connectivity index (χ2v) is 3.11. The van der Waals surface area contributed by atoms with Crippen LogP contribution in [-0.4, -0.2) is 23.7 Å². The summed E-state index contributed by atoms with van der Waals surface area (Å²) in [5, 5.41) is 8.57. The minimum Gasteiger partial charge on any atom is -0.481 e. The van der Waals surface area contributed by atoms with Crippen LogP contribution in [0.1, 0.15) is 26.2 Å². The second-order valence-electron chi connectivity index (χ2n) is 3.11. The molecule has 0 radical (unpaired) electrons. The Labute approximate surface area is 83.6 Å². The average molecular weight is 200 g/mol. The zero-order valence-electron chi connectivity index (χ0n) is 8.36. The van der Waals surface area contributed by atoms with Gasteiger partial charge in [-0.1, -0.05) is 13.5 Å². The van der Waals surface area contributed by atoms with E-state index in [1.54, 1.807) is 6.92 Å². The molecule has 14 heavy (non-hydrogen) atoms. The second kappa shape index (κ2) is 7.12. The summed E-state index contributed by atoms with van der Waals surface area (Å²) in [5.74, 6) is -1.55. The summed E-state index contributed by atoms with van der Waals surface area (Å²) in [5.41, 5.74) is 0. The number of hydrogen-bond donors (Lipinski definition) is 1. The highest BCUT2D eigenvalue weighted by atomic mass is 16.5. The lowest BCUT2D eigenvalue weighted by atomic mass is 10.1. The summed E-state index contributed by atoms with van der Waals surface area (Å²) < 4.78 is 4.73. The summed E-state index contributed by atoms with van der Waals surface area (Å²) in [7, 11) is 0. The zero-order valence-corrected chi connectivity index (χ0v) is 8.36. The SMILES string of the molecule is C=CC(=O)OCCCCC(C)C(=O)O. The minimum atomic E-state index is -0.784. The molecule has 0 amide bonds. The number of carboxylic acid groups (broad SMARTS) is 1. The fraction of sp³-hybridized carbons (Fsp3) is 0.600. The van der Waals surface area contributed by atoms with Gasteiger partial charge in [0.25, 0.3) is 0 Å².